The van der Waals surface area contributed by atoms with E-state index in [9.17, 15) is 8.78 Å². The molecule has 96 valence electrons. The lowest BCUT2D eigenvalue weighted by Crippen LogP contribution is -2.04. The zero-order valence-corrected chi connectivity index (χ0v) is 10.5. The molecule has 0 saturated carbocycles. The summed E-state index contributed by atoms with van der Waals surface area (Å²) in [4.78, 5) is 8.23. The molecule has 0 saturated heterocycles. The van der Waals surface area contributed by atoms with E-state index in [2.05, 4.69) is 15.3 Å². The molecule has 0 aliphatic rings. The van der Waals surface area contributed by atoms with Crippen molar-refractivity contribution in [3.63, 3.8) is 0 Å². The smallest absolute Gasteiger partial charge is 0.147 e. The molecule has 1 aromatic carbocycles. The van der Waals surface area contributed by atoms with E-state index in [0.717, 1.165) is 22.3 Å². The summed E-state index contributed by atoms with van der Waals surface area (Å²) >= 11 is 1.50. The minimum absolute atomic E-state index is 0.174. The van der Waals surface area contributed by atoms with Gasteiger partial charge in [-0.15, -0.1) is 11.3 Å². The molecule has 2 aromatic heterocycles. The first-order valence-corrected chi connectivity index (χ1v) is 6.48. The van der Waals surface area contributed by atoms with Gasteiger partial charge in [0.1, 0.15) is 23.8 Å². The molecule has 19 heavy (non-hydrogen) atoms. The van der Waals surface area contributed by atoms with Crippen LogP contribution in [0.1, 0.15) is 5.56 Å². The van der Waals surface area contributed by atoms with Crippen molar-refractivity contribution in [1.82, 2.24) is 9.97 Å². The van der Waals surface area contributed by atoms with Gasteiger partial charge < -0.3 is 5.32 Å². The van der Waals surface area contributed by atoms with Crippen molar-refractivity contribution in [2.45, 2.75) is 6.54 Å². The van der Waals surface area contributed by atoms with E-state index in [-0.39, 0.29) is 12.1 Å². The van der Waals surface area contributed by atoms with Gasteiger partial charge in [0.2, 0.25) is 0 Å². The van der Waals surface area contributed by atoms with Gasteiger partial charge in [-0.05, 0) is 29.6 Å². The molecule has 0 spiro atoms. The largest absolute Gasteiger partial charge is 0.365 e. The van der Waals surface area contributed by atoms with Crippen molar-refractivity contribution in [2.24, 2.45) is 0 Å². The molecule has 0 bridgehead atoms. The normalized spacial score (nSPS) is 10.8. The lowest BCUT2D eigenvalue weighted by atomic mass is 10.2. The molecule has 3 rings (SSSR count). The summed E-state index contributed by atoms with van der Waals surface area (Å²) in [6.45, 7) is 0.174. The van der Waals surface area contributed by atoms with Crippen molar-refractivity contribution >= 4 is 27.4 Å². The van der Waals surface area contributed by atoms with Crippen LogP contribution < -0.4 is 5.32 Å². The summed E-state index contributed by atoms with van der Waals surface area (Å²) in [6, 6.07) is 5.28. The molecule has 3 nitrogen and oxygen atoms in total. The van der Waals surface area contributed by atoms with E-state index in [0.29, 0.717) is 5.82 Å². The molecule has 0 aliphatic carbocycles. The standard InChI is InChI=1S/C13H9F2N3S/c14-9-1-2-10(15)8(5-9)6-16-13-12-11(3-4-19-12)17-7-18-13/h1-5,7H,6H2,(H,16,17,18). The summed E-state index contributed by atoms with van der Waals surface area (Å²) in [5, 5.41) is 4.92. The highest BCUT2D eigenvalue weighted by molar-refractivity contribution is 7.17. The summed E-state index contributed by atoms with van der Waals surface area (Å²) < 4.78 is 27.4. The van der Waals surface area contributed by atoms with Gasteiger partial charge in [0.25, 0.3) is 0 Å². The first-order chi connectivity index (χ1) is 9.24. The third kappa shape index (κ3) is 2.39. The Hall–Kier alpha value is -2.08. The number of aromatic nitrogens is 2. The Bertz CT molecular complexity index is 727. The van der Waals surface area contributed by atoms with Crippen molar-refractivity contribution < 1.29 is 8.78 Å². The average molecular weight is 277 g/mol. The molecule has 2 heterocycles. The number of nitrogens with one attached hydrogen (secondary N) is 1. The van der Waals surface area contributed by atoms with E-state index >= 15 is 0 Å². The Morgan fingerprint density at radius 3 is 2.95 bits per heavy atom. The van der Waals surface area contributed by atoms with Gasteiger partial charge in [0, 0.05) is 12.1 Å². The quantitative estimate of drug-likeness (QED) is 0.795. The Morgan fingerprint density at radius 2 is 2.05 bits per heavy atom. The number of thiophene rings is 1. The van der Waals surface area contributed by atoms with Crippen LogP contribution >= 0.6 is 11.3 Å². The molecule has 6 heteroatoms. The Labute approximate surface area is 111 Å². The van der Waals surface area contributed by atoms with Gasteiger partial charge in [-0.25, -0.2) is 18.7 Å². The van der Waals surface area contributed by atoms with Crippen LogP contribution in [0.15, 0.2) is 36.0 Å². The number of hydrogen-bond acceptors (Lipinski definition) is 4. The highest BCUT2D eigenvalue weighted by Gasteiger charge is 2.07. The van der Waals surface area contributed by atoms with Crippen LogP contribution in [-0.2, 0) is 6.54 Å². The zero-order valence-electron chi connectivity index (χ0n) is 9.73. The average Bonchev–Trinajstić information content (AvgIpc) is 2.88. The van der Waals surface area contributed by atoms with Gasteiger partial charge in [0.15, 0.2) is 0 Å². The van der Waals surface area contributed by atoms with Gasteiger partial charge in [-0.1, -0.05) is 0 Å². The van der Waals surface area contributed by atoms with Crippen LogP contribution in [0, 0.1) is 11.6 Å². The number of benzene rings is 1. The lowest BCUT2D eigenvalue weighted by molar-refractivity contribution is 0.587. The molecule has 1 N–H and O–H groups in total. The maximum Gasteiger partial charge on any atom is 0.147 e. The second kappa shape index (κ2) is 4.89. The van der Waals surface area contributed by atoms with E-state index in [1.165, 1.54) is 23.7 Å². The minimum atomic E-state index is -0.456. The first-order valence-electron chi connectivity index (χ1n) is 5.60. The molecule has 0 aliphatic heterocycles. The molecular formula is C13H9F2N3S. The number of rotatable bonds is 3. The van der Waals surface area contributed by atoms with E-state index in [4.69, 9.17) is 0 Å². The van der Waals surface area contributed by atoms with E-state index in [1.807, 2.05) is 11.4 Å². The lowest BCUT2D eigenvalue weighted by Gasteiger charge is -2.07. The second-order valence-electron chi connectivity index (χ2n) is 3.95. The van der Waals surface area contributed by atoms with E-state index < -0.39 is 11.6 Å². The molecule has 0 radical (unpaired) electrons. The predicted molar refractivity (Wildman–Crippen MR) is 71.1 cm³/mol. The van der Waals surface area contributed by atoms with Crippen LogP contribution in [-0.4, -0.2) is 9.97 Å². The zero-order chi connectivity index (χ0) is 13.2. The summed E-state index contributed by atoms with van der Waals surface area (Å²) in [5.74, 6) is -0.267. The summed E-state index contributed by atoms with van der Waals surface area (Å²) in [6.07, 6.45) is 1.44. The highest BCUT2D eigenvalue weighted by atomic mass is 32.1. The van der Waals surface area contributed by atoms with Gasteiger partial charge in [-0.2, -0.15) is 0 Å². The fourth-order valence-electron chi connectivity index (χ4n) is 1.77. The Kier molecular flexibility index (Phi) is 3.08. The van der Waals surface area contributed by atoms with Crippen LogP contribution in [0.5, 0.6) is 0 Å². The number of hydrogen-bond donors (Lipinski definition) is 1. The Balaban J connectivity index is 1.86. The van der Waals surface area contributed by atoms with Gasteiger partial charge >= 0.3 is 0 Å². The molecule has 0 atom stereocenters. The SMILES string of the molecule is Fc1ccc(F)c(CNc2ncnc3ccsc23)c1. The van der Waals surface area contributed by atoms with E-state index in [1.54, 1.807) is 0 Å². The fraction of sp³-hybridized carbons (Fsp3) is 0.0769. The molecule has 0 amide bonds. The minimum Gasteiger partial charge on any atom is -0.365 e. The molecule has 0 fully saturated rings. The Morgan fingerprint density at radius 1 is 1.16 bits per heavy atom. The second-order valence-corrected chi connectivity index (χ2v) is 4.86. The number of halogens is 2. The van der Waals surface area contributed by atoms with Crippen LogP contribution in [0.25, 0.3) is 10.2 Å². The van der Waals surface area contributed by atoms with Crippen LogP contribution in [0.2, 0.25) is 0 Å². The highest BCUT2D eigenvalue weighted by Crippen LogP contribution is 2.25. The maximum absolute atomic E-state index is 13.5. The van der Waals surface area contributed by atoms with Crippen molar-refractivity contribution in [1.29, 1.82) is 0 Å². The van der Waals surface area contributed by atoms with Gasteiger partial charge in [-0.3, -0.25) is 0 Å². The number of anilines is 1. The molecule has 0 unspecified atom stereocenters. The number of nitrogens with zero attached hydrogens (tertiary/aromatic N) is 2. The summed E-state index contributed by atoms with van der Waals surface area (Å²) in [5.41, 5.74) is 1.10. The van der Waals surface area contributed by atoms with Crippen molar-refractivity contribution in [3.8, 4) is 0 Å². The number of fused-ring (bicyclic) bond motifs is 1. The molecule has 3 aromatic rings. The van der Waals surface area contributed by atoms with Crippen molar-refractivity contribution in [2.75, 3.05) is 5.32 Å². The monoisotopic (exact) mass is 277 g/mol. The van der Waals surface area contributed by atoms with Gasteiger partial charge in [0.05, 0.1) is 10.2 Å². The van der Waals surface area contributed by atoms with Crippen LogP contribution in [0.3, 0.4) is 0 Å². The molecular weight excluding hydrogens is 268 g/mol. The third-order valence-corrected chi connectivity index (χ3v) is 3.61. The van der Waals surface area contributed by atoms with Crippen molar-refractivity contribution in [3.05, 3.63) is 53.2 Å². The predicted octanol–water partition coefficient (Wildman–Crippen LogP) is 3.58. The topological polar surface area (TPSA) is 37.8 Å². The third-order valence-electron chi connectivity index (χ3n) is 2.70. The summed E-state index contributed by atoms with van der Waals surface area (Å²) in [7, 11) is 0. The van der Waals surface area contributed by atoms with Crippen LogP contribution in [0.4, 0.5) is 14.6 Å². The maximum atomic E-state index is 13.5. The first kappa shape index (κ1) is 12.0. The fourth-order valence-corrected chi connectivity index (χ4v) is 2.58.